The second-order valence-corrected chi connectivity index (χ2v) is 7.23. The molecule has 1 saturated carbocycles. The first-order valence-electron chi connectivity index (χ1n) is 8.54. The number of hydrogen-bond acceptors (Lipinski definition) is 3. The van der Waals surface area contributed by atoms with Gasteiger partial charge in [-0.1, -0.05) is 35.9 Å². The van der Waals surface area contributed by atoms with Crippen LogP contribution in [0.25, 0.3) is 0 Å². The summed E-state index contributed by atoms with van der Waals surface area (Å²) < 4.78 is 5.83. The molecule has 1 aliphatic heterocycles. The van der Waals surface area contributed by atoms with Gasteiger partial charge >= 0.3 is 0 Å². The molecule has 1 heterocycles. The quantitative estimate of drug-likeness (QED) is 0.911. The van der Waals surface area contributed by atoms with E-state index in [9.17, 15) is 9.90 Å². The Morgan fingerprint density at radius 2 is 2.00 bits per heavy atom. The predicted octanol–water partition coefficient (Wildman–Crippen LogP) is 3.68. The van der Waals surface area contributed by atoms with Gasteiger partial charge in [-0.25, -0.2) is 0 Å². The third-order valence-corrected chi connectivity index (χ3v) is 5.37. The van der Waals surface area contributed by atoms with Crippen LogP contribution in [0.5, 0.6) is 5.75 Å². The van der Waals surface area contributed by atoms with Gasteiger partial charge in [0.05, 0.1) is 18.6 Å². The second kappa shape index (κ2) is 6.36. The summed E-state index contributed by atoms with van der Waals surface area (Å²) >= 11 is 6.12. The Bertz CT molecular complexity index is 803. The topological polar surface area (TPSA) is 49.8 Å². The highest BCUT2D eigenvalue weighted by Gasteiger charge is 2.53. The first-order chi connectivity index (χ1) is 12.1. The van der Waals surface area contributed by atoms with E-state index in [1.54, 1.807) is 18.2 Å². The number of carbonyl (C=O) groups excluding carboxylic acids is 1. The standard InChI is InChI=1S/C20H20ClNO3/c21-16-5-2-4-15(12-16)20(7-8-20)19(24)22-9-10-25-18(13-22)14-3-1-6-17(23)11-14/h1-6,11-12,18,23H,7-10,13H2. The molecule has 4 nitrogen and oxygen atoms in total. The smallest absolute Gasteiger partial charge is 0.233 e. The van der Waals surface area contributed by atoms with E-state index in [2.05, 4.69) is 0 Å². The fourth-order valence-electron chi connectivity index (χ4n) is 3.60. The predicted molar refractivity (Wildman–Crippen MR) is 95.7 cm³/mol. The molecule has 2 aromatic carbocycles. The summed E-state index contributed by atoms with van der Waals surface area (Å²) in [6.07, 6.45) is 1.51. The highest BCUT2D eigenvalue weighted by Crippen LogP contribution is 2.50. The van der Waals surface area contributed by atoms with Crippen molar-refractivity contribution in [2.75, 3.05) is 19.7 Å². The molecule has 0 bridgehead atoms. The number of aromatic hydroxyl groups is 1. The molecule has 2 aliphatic rings. The number of nitrogens with zero attached hydrogens (tertiary/aromatic N) is 1. The molecule has 1 atom stereocenters. The summed E-state index contributed by atoms with van der Waals surface area (Å²) in [5.41, 5.74) is 1.47. The summed E-state index contributed by atoms with van der Waals surface area (Å²) in [7, 11) is 0. The summed E-state index contributed by atoms with van der Waals surface area (Å²) in [4.78, 5) is 15.1. The maximum absolute atomic E-state index is 13.2. The van der Waals surface area contributed by atoms with Gasteiger partial charge in [0.15, 0.2) is 0 Å². The molecule has 1 saturated heterocycles. The van der Waals surface area contributed by atoms with Crippen LogP contribution < -0.4 is 0 Å². The van der Waals surface area contributed by atoms with Crippen molar-refractivity contribution in [2.24, 2.45) is 0 Å². The van der Waals surface area contributed by atoms with Crippen molar-refractivity contribution in [1.29, 1.82) is 0 Å². The average Bonchev–Trinajstić information content (AvgIpc) is 3.43. The number of morpholine rings is 1. The van der Waals surface area contributed by atoms with E-state index in [0.29, 0.717) is 24.7 Å². The van der Waals surface area contributed by atoms with Crippen LogP contribution in [0.15, 0.2) is 48.5 Å². The van der Waals surface area contributed by atoms with Gasteiger partial charge in [0, 0.05) is 11.6 Å². The molecule has 1 N–H and O–H groups in total. The molecular weight excluding hydrogens is 338 g/mol. The lowest BCUT2D eigenvalue weighted by Crippen LogP contribution is -2.46. The molecule has 25 heavy (non-hydrogen) atoms. The van der Waals surface area contributed by atoms with Crippen molar-refractivity contribution in [3.63, 3.8) is 0 Å². The number of amides is 1. The van der Waals surface area contributed by atoms with Crippen LogP contribution in [-0.4, -0.2) is 35.6 Å². The van der Waals surface area contributed by atoms with E-state index in [1.165, 1.54) is 0 Å². The molecule has 2 fully saturated rings. The van der Waals surface area contributed by atoms with Crippen LogP contribution >= 0.6 is 11.6 Å². The van der Waals surface area contributed by atoms with Crippen LogP contribution in [0.1, 0.15) is 30.1 Å². The number of benzene rings is 2. The Morgan fingerprint density at radius 3 is 2.72 bits per heavy atom. The lowest BCUT2D eigenvalue weighted by Gasteiger charge is -2.35. The molecule has 2 aromatic rings. The summed E-state index contributed by atoms with van der Waals surface area (Å²) in [5.74, 6) is 0.366. The van der Waals surface area contributed by atoms with Gasteiger partial charge in [0.2, 0.25) is 5.91 Å². The average molecular weight is 358 g/mol. The van der Waals surface area contributed by atoms with E-state index >= 15 is 0 Å². The number of phenols is 1. The molecule has 5 heteroatoms. The Balaban J connectivity index is 1.54. The van der Waals surface area contributed by atoms with Crippen molar-refractivity contribution in [1.82, 2.24) is 4.90 Å². The highest BCUT2D eigenvalue weighted by molar-refractivity contribution is 6.30. The molecule has 0 aromatic heterocycles. The van der Waals surface area contributed by atoms with Crippen molar-refractivity contribution < 1.29 is 14.6 Å². The Kier molecular flexibility index (Phi) is 4.18. The van der Waals surface area contributed by atoms with Gasteiger partial charge in [0.25, 0.3) is 0 Å². The number of rotatable bonds is 3. The molecular formula is C20H20ClNO3. The van der Waals surface area contributed by atoms with Crippen molar-refractivity contribution in [3.05, 3.63) is 64.7 Å². The fraction of sp³-hybridized carbons (Fsp3) is 0.350. The maximum atomic E-state index is 13.2. The van der Waals surface area contributed by atoms with Gasteiger partial charge in [-0.15, -0.1) is 0 Å². The van der Waals surface area contributed by atoms with Crippen LogP contribution in [0.4, 0.5) is 0 Å². The van der Waals surface area contributed by atoms with Crippen LogP contribution in [0, 0.1) is 0 Å². The minimum atomic E-state index is -0.425. The Morgan fingerprint density at radius 1 is 1.20 bits per heavy atom. The molecule has 1 unspecified atom stereocenters. The van der Waals surface area contributed by atoms with E-state index in [-0.39, 0.29) is 17.8 Å². The third-order valence-electron chi connectivity index (χ3n) is 5.13. The first kappa shape index (κ1) is 16.4. The molecule has 1 amide bonds. The second-order valence-electron chi connectivity index (χ2n) is 6.80. The largest absolute Gasteiger partial charge is 0.508 e. The molecule has 0 spiro atoms. The van der Waals surface area contributed by atoms with Crippen LogP contribution in [-0.2, 0) is 14.9 Å². The third kappa shape index (κ3) is 3.12. The fourth-order valence-corrected chi connectivity index (χ4v) is 3.79. The Labute approximate surface area is 152 Å². The molecule has 4 rings (SSSR count). The van der Waals surface area contributed by atoms with Gasteiger partial charge < -0.3 is 14.7 Å². The van der Waals surface area contributed by atoms with Gasteiger partial charge in [-0.2, -0.15) is 0 Å². The van der Waals surface area contributed by atoms with Crippen molar-refractivity contribution in [2.45, 2.75) is 24.4 Å². The van der Waals surface area contributed by atoms with Crippen molar-refractivity contribution >= 4 is 17.5 Å². The van der Waals surface area contributed by atoms with Gasteiger partial charge in [0.1, 0.15) is 11.9 Å². The normalized spacial score (nSPS) is 21.8. The van der Waals surface area contributed by atoms with E-state index < -0.39 is 5.41 Å². The number of phenolic OH excluding ortho intramolecular Hbond substituents is 1. The van der Waals surface area contributed by atoms with E-state index in [1.807, 2.05) is 35.2 Å². The van der Waals surface area contributed by atoms with E-state index in [4.69, 9.17) is 16.3 Å². The zero-order valence-electron chi connectivity index (χ0n) is 13.8. The number of ether oxygens (including phenoxy) is 1. The minimum Gasteiger partial charge on any atom is -0.508 e. The molecule has 0 radical (unpaired) electrons. The lowest BCUT2D eigenvalue weighted by atomic mass is 9.93. The van der Waals surface area contributed by atoms with Crippen molar-refractivity contribution in [3.8, 4) is 5.75 Å². The highest BCUT2D eigenvalue weighted by atomic mass is 35.5. The zero-order chi connectivity index (χ0) is 17.4. The molecule has 1 aliphatic carbocycles. The minimum absolute atomic E-state index is 0.156. The van der Waals surface area contributed by atoms with Gasteiger partial charge in [-0.3, -0.25) is 4.79 Å². The maximum Gasteiger partial charge on any atom is 0.233 e. The SMILES string of the molecule is O=C(N1CCOC(c2cccc(O)c2)C1)C1(c2cccc(Cl)c2)CC1. The summed E-state index contributed by atoms with van der Waals surface area (Å²) in [6, 6.07) is 14.7. The number of hydrogen-bond donors (Lipinski definition) is 1. The van der Waals surface area contributed by atoms with Crippen LogP contribution in [0.3, 0.4) is 0 Å². The van der Waals surface area contributed by atoms with Gasteiger partial charge in [-0.05, 0) is 48.2 Å². The molecule has 130 valence electrons. The lowest BCUT2D eigenvalue weighted by molar-refractivity contribution is -0.141. The summed E-state index contributed by atoms with van der Waals surface area (Å²) in [5, 5.41) is 10.3. The zero-order valence-corrected chi connectivity index (χ0v) is 14.6. The monoisotopic (exact) mass is 357 g/mol. The number of halogens is 1. The van der Waals surface area contributed by atoms with E-state index in [0.717, 1.165) is 24.0 Å². The number of carbonyl (C=O) groups is 1. The Hall–Kier alpha value is -2.04. The summed E-state index contributed by atoms with van der Waals surface area (Å²) in [6.45, 7) is 1.60. The first-order valence-corrected chi connectivity index (χ1v) is 8.92. The van der Waals surface area contributed by atoms with Crippen LogP contribution in [0.2, 0.25) is 5.02 Å².